The van der Waals surface area contributed by atoms with Crippen LogP contribution in [0.15, 0.2) is 36.7 Å². The van der Waals surface area contributed by atoms with Gasteiger partial charge >= 0.3 is 0 Å². The lowest BCUT2D eigenvalue weighted by atomic mass is 10.1. The van der Waals surface area contributed by atoms with E-state index in [2.05, 4.69) is 9.97 Å². The predicted molar refractivity (Wildman–Crippen MR) is 65.4 cm³/mol. The summed E-state index contributed by atoms with van der Waals surface area (Å²) in [7, 11) is 0. The van der Waals surface area contributed by atoms with Crippen molar-refractivity contribution in [3.05, 3.63) is 53.9 Å². The van der Waals surface area contributed by atoms with Gasteiger partial charge in [-0.15, -0.1) is 0 Å². The zero-order chi connectivity index (χ0) is 13.0. The molecule has 4 nitrogen and oxygen atoms in total. The molecule has 0 amide bonds. The summed E-state index contributed by atoms with van der Waals surface area (Å²) in [6.07, 6.45) is 3.26. The largest absolute Gasteiger partial charge is 0.486 e. The van der Waals surface area contributed by atoms with E-state index in [9.17, 15) is 4.39 Å². The van der Waals surface area contributed by atoms with Crippen LogP contribution in [0, 0.1) is 5.82 Å². The van der Waals surface area contributed by atoms with Crippen LogP contribution < -0.4 is 10.5 Å². The van der Waals surface area contributed by atoms with Crippen LogP contribution in [0.5, 0.6) is 5.75 Å². The van der Waals surface area contributed by atoms with Crippen LogP contribution in [-0.4, -0.2) is 9.97 Å². The van der Waals surface area contributed by atoms with E-state index in [4.69, 9.17) is 10.5 Å². The van der Waals surface area contributed by atoms with Crippen molar-refractivity contribution in [3.8, 4) is 5.75 Å². The molecule has 2 rings (SSSR count). The Labute approximate surface area is 105 Å². The molecular weight excluding hydrogens is 233 g/mol. The Kier molecular flexibility index (Phi) is 3.84. The van der Waals surface area contributed by atoms with E-state index in [1.54, 1.807) is 37.5 Å². The van der Waals surface area contributed by atoms with Gasteiger partial charge in [0.1, 0.15) is 18.2 Å². The average molecular weight is 247 g/mol. The third-order valence-corrected chi connectivity index (χ3v) is 2.45. The molecule has 18 heavy (non-hydrogen) atoms. The Balaban J connectivity index is 2.05. The lowest BCUT2D eigenvalue weighted by Gasteiger charge is -2.09. The highest BCUT2D eigenvalue weighted by molar-refractivity contribution is 5.30. The van der Waals surface area contributed by atoms with Gasteiger partial charge in [0.05, 0.1) is 0 Å². The molecule has 0 unspecified atom stereocenters. The van der Waals surface area contributed by atoms with Crippen LogP contribution >= 0.6 is 0 Å². The lowest BCUT2D eigenvalue weighted by Crippen LogP contribution is -2.07. The number of ether oxygens (including phenoxy) is 1. The van der Waals surface area contributed by atoms with Crippen molar-refractivity contribution in [3.63, 3.8) is 0 Å². The number of benzene rings is 1. The van der Waals surface area contributed by atoms with E-state index in [0.717, 1.165) is 0 Å². The summed E-state index contributed by atoms with van der Waals surface area (Å²) in [5.41, 5.74) is 6.10. The van der Waals surface area contributed by atoms with Crippen molar-refractivity contribution in [1.82, 2.24) is 9.97 Å². The second-order valence-corrected chi connectivity index (χ2v) is 3.93. The number of aromatic nitrogens is 2. The van der Waals surface area contributed by atoms with Gasteiger partial charge in [-0.2, -0.15) is 0 Å². The molecule has 2 N–H and O–H groups in total. The van der Waals surface area contributed by atoms with Crippen molar-refractivity contribution >= 4 is 0 Å². The number of hydrogen-bond acceptors (Lipinski definition) is 4. The Morgan fingerprint density at radius 2 is 2.06 bits per heavy atom. The SMILES string of the molecule is C[C@H](N)c1ccc(OCc2ncccn2)cc1F. The smallest absolute Gasteiger partial charge is 0.166 e. The van der Waals surface area contributed by atoms with E-state index in [-0.39, 0.29) is 18.5 Å². The van der Waals surface area contributed by atoms with Gasteiger partial charge in [0.2, 0.25) is 0 Å². The van der Waals surface area contributed by atoms with E-state index in [1.807, 2.05) is 0 Å². The minimum Gasteiger partial charge on any atom is -0.486 e. The van der Waals surface area contributed by atoms with E-state index >= 15 is 0 Å². The first-order chi connectivity index (χ1) is 8.66. The molecule has 5 heteroatoms. The van der Waals surface area contributed by atoms with Gasteiger partial charge in [-0.05, 0) is 19.1 Å². The monoisotopic (exact) mass is 247 g/mol. The molecule has 0 aliphatic carbocycles. The lowest BCUT2D eigenvalue weighted by molar-refractivity contribution is 0.294. The molecule has 2 aromatic rings. The second kappa shape index (κ2) is 5.55. The van der Waals surface area contributed by atoms with Crippen LogP contribution in [0.2, 0.25) is 0 Å². The number of hydrogen-bond donors (Lipinski definition) is 1. The van der Waals surface area contributed by atoms with Crippen LogP contribution in [-0.2, 0) is 6.61 Å². The van der Waals surface area contributed by atoms with Gasteiger partial charge in [-0.25, -0.2) is 14.4 Å². The van der Waals surface area contributed by atoms with Gasteiger partial charge < -0.3 is 10.5 Å². The molecule has 0 bridgehead atoms. The highest BCUT2D eigenvalue weighted by Gasteiger charge is 2.08. The van der Waals surface area contributed by atoms with Crippen molar-refractivity contribution in [2.45, 2.75) is 19.6 Å². The van der Waals surface area contributed by atoms with Gasteiger partial charge in [-0.3, -0.25) is 0 Å². The molecule has 1 aromatic carbocycles. The Morgan fingerprint density at radius 1 is 1.33 bits per heavy atom. The maximum atomic E-state index is 13.6. The summed E-state index contributed by atoms with van der Waals surface area (Å²) in [6.45, 7) is 1.94. The summed E-state index contributed by atoms with van der Waals surface area (Å²) in [6, 6.07) is 6.02. The third-order valence-electron chi connectivity index (χ3n) is 2.45. The molecule has 0 aliphatic rings. The van der Waals surface area contributed by atoms with Gasteiger partial charge in [-0.1, -0.05) is 6.07 Å². The molecule has 0 saturated carbocycles. The molecule has 0 saturated heterocycles. The first-order valence-corrected chi connectivity index (χ1v) is 5.60. The van der Waals surface area contributed by atoms with E-state index in [0.29, 0.717) is 17.1 Å². The Morgan fingerprint density at radius 3 is 2.67 bits per heavy atom. The predicted octanol–water partition coefficient (Wildman–Crippen LogP) is 2.21. The third kappa shape index (κ3) is 3.01. The maximum Gasteiger partial charge on any atom is 0.166 e. The summed E-state index contributed by atoms with van der Waals surface area (Å²) in [5.74, 6) is 0.620. The first kappa shape index (κ1) is 12.4. The molecule has 0 spiro atoms. The van der Waals surface area contributed by atoms with Crippen LogP contribution in [0.25, 0.3) is 0 Å². The zero-order valence-corrected chi connectivity index (χ0v) is 10.0. The number of nitrogens with zero attached hydrogens (tertiary/aromatic N) is 2. The van der Waals surface area contributed by atoms with Gasteiger partial charge in [0, 0.05) is 30.1 Å². The maximum absolute atomic E-state index is 13.6. The molecular formula is C13H14FN3O. The minimum absolute atomic E-state index is 0.206. The molecule has 0 aliphatic heterocycles. The fourth-order valence-corrected chi connectivity index (χ4v) is 1.52. The summed E-state index contributed by atoms with van der Waals surface area (Å²) >= 11 is 0. The minimum atomic E-state index is -0.364. The van der Waals surface area contributed by atoms with Gasteiger partial charge in [0.15, 0.2) is 5.82 Å². The van der Waals surface area contributed by atoms with Crippen LogP contribution in [0.1, 0.15) is 24.4 Å². The second-order valence-electron chi connectivity index (χ2n) is 3.93. The fraction of sp³-hybridized carbons (Fsp3) is 0.231. The standard InChI is InChI=1S/C13H14FN3O/c1-9(15)11-4-3-10(7-12(11)14)18-8-13-16-5-2-6-17-13/h2-7,9H,8,15H2,1H3/t9-/m0/s1. The molecule has 94 valence electrons. The first-order valence-electron chi connectivity index (χ1n) is 5.60. The van der Waals surface area contributed by atoms with E-state index in [1.165, 1.54) is 6.07 Å². The van der Waals surface area contributed by atoms with Gasteiger partial charge in [0.25, 0.3) is 0 Å². The number of halogens is 1. The van der Waals surface area contributed by atoms with Crippen molar-refractivity contribution < 1.29 is 9.13 Å². The summed E-state index contributed by atoms with van der Waals surface area (Å²) in [4.78, 5) is 8.02. The average Bonchev–Trinajstić information content (AvgIpc) is 2.37. The normalized spacial score (nSPS) is 12.2. The number of nitrogens with two attached hydrogens (primary N) is 1. The van der Waals surface area contributed by atoms with Crippen molar-refractivity contribution in [2.24, 2.45) is 5.73 Å². The molecule has 0 fully saturated rings. The molecule has 0 radical (unpaired) electrons. The summed E-state index contributed by atoms with van der Waals surface area (Å²) < 4.78 is 19.0. The van der Waals surface area contributed by atoms with Crippen molar-refractivity contribution in [2.75, 3.05) is 0 Å². The Hall–Kier alpha value is -2.01. The Bertz CT molecular complexity index is 517. The quantitative estimate of drug-likeness (QED) is 0.899. The molecule has 1 aromatic heterocycles. The van der Waals surface area contributed by atoms with E-state index < -0.39 is 0 Å². The van der Waals surface area contributed by atoms with Crippen molar-refractivity contribution in [1.29, 1.82) is 0 Å². The molecule has 1 heterocycles. The fourth-order valence-electron chi connectivity index (χ4n) is 1.52. The molecule has 1 atom stereocenters. The number of rotatable bonds is 4. The van der Waals surface area contributed by atoms with Crippen LogP contribution in [0.4, 0.5) is 4.39 Å². The topological polar surface area (TPSA) is 61.0 Å². The highest BCUT2D eigenvalue weighted by Crippen LogP contribution is 2.20. The highest BCUT2D eigenvalue weighted by atomic mass is 19.1. The zero-order valence-electron chi connectivity index (χ0n) is 10.0. The summed E-state index contributed by atoms with van der Waals surface area (Å²) in [5, 5.41) is 0. The van der Waals surface area contributed by atoms with Crippen LogP contribution in [0.3, 0.4) is 0 Å².